The summed E-state index contributed by atoms with van der Waals surface area (Å²) in [6.07, 6.45) is 1.65. The largest absolute Gasteiger partial charge is 0.350 e. The number of carbonyl (C=O) groups is 1. The van der Waals surface area contributed by atoms with Crippen molar-refractivity contribution < 1.29 is 13.5 Å². The molecular weight excluding hydrogens is 372 g/mol. The van der Waals surface area contributed by atoms with Crippen LogP contribution in [-0.2, 0) is 16.6 Å². The van der Waals surface area contributed by atoms with Gasteiger partial charge in [-0.3, -0.25) is 9.00 Å². The van der Waals surface area contributed by atoms with E-state index < -0.39 is 16.7 Å². The summed E-state index contributed by atoms with van der Waals surface area (Å²) in [5, 5.41) is 7.33. The van der Waals surface area contributed by atoms with Gasteiger partial charge in [-0.05, 0) is 36.2 Å². The fourth-order valence-corrected chi connectivity index (χ4v) is 3.49. The summed E-state index contributed by atoms with van der Waals surface area (Å²) < 4.78 is 16.6. The molecule has 0 spiro atoms. The number of nitrogens with zero attached hydrogens (tertiary/aromatic N) is 1. The average Bonchev–Trinajstić information content (AvgIpc) is 3.08. The van der Waals surface area contributed by atoms with Crippen molar-refractivity contribution >= 4 is 34.0 Å². The Morgan fingerprint density at radius 3 is 2.73 bits per heavy atom. The van der Waals surface area contributed by atoms with Gasteiger partial charge in [-0.25, -0.2) is 0 Å². The fourth-order valence-electron chi connectivity index (χ4n) is 2.54. The lowest BCUT2D eigenvalue weighted by Gasteiger charge is -2.10. The summed E-state index contributed by atoms with van der Waals surface area (Å²) in [6.45, 7) is 1.88. The zero-order chi connectivity index (χ0) is 18.7. The van der Waals surface area contributed by atoms with Gasteiger partial charge in [0.25, 0.3) is 5.91 Å². The number of benzene rings is 2. The quantitative estimate of drug-likeness (QED) is 0.701. The van der Waals surface area contributed by atoms with Crippen molar-refractivity contribution in [2.24, 2.45) is 0 Å². The second-order valence-corrected chi connectivity index (χ2v) is 7.72. The van der Waals surface area contributed by atoms with Crippen LogP contribution in [0.4, 0.5) is 5.69 Å². The van der Waals surface area contributed by atoms with Gasteiger partial charge in [-0.2, -0.15) is 0 Å². The Bertz CT molecular complexity index is 984. The standard InChI is InChI=1S/C19H17ClN2O3S/c1-12-14(11-26(2)24)6-4-8-16(12)21-19(23)18-10-17(22-25-18)13-5-3-7-15(20)9-13/h3-10H,11H2,1-2H3,(H,21,23). The third kappa shape index (κ3) is 4.20. The van der Waals surface area contributed by atoms with E-state index in [2.05, 4.69) is 10.5 Å². The summed E-state index contributed by atoms with van der Waals surface area (Å²) in [5.41, 5.74) is 3.76. The Balaban J connectivity index is 1.80. The second kappa shape index (κ2) is 7.85. The van der Waals surface area contributed by atoms with Crippen molar-refractivity contribution in [3.8, 4) is 11.3 Å². The van der Waals surface area contributed by atoms with Crippen molar-refractivity contribution in [3.05, 3.63) is 70.4 Å². The maximum absolute atomic E-state index is 12.5. The molecule has 1 unspecified atom stereocenters. The third-order valence-electron chi connectivity index (χ3n) is 3.91. The van der Waals surface area contributed by atoms with Crippen molar-refractivity contribution in [2.45, 2.75) is 12.7 Å². The van der Waals surface area contributed by atoms with Gasteiger partial charge in [0.05, 0.1) is 0 Å². The summed E-state index contributed by atoms with van der Waals surface area (Å²) in [4.78, 5) is 12.5. The highest BCUT2D eigenvalue weighted by Gasteiger charge is 2.16. The van der Waals surface area contributed by atoms with Crippen LogP contribution in [0, 0.1) is 6.92 Å². The fraction of sp³-hybridized carbons (Fsp3) is 0.158. The van der Waals surface area contributed by atoms with Crippen LogP contribution in [0.2, 0.25) is 5.02 Å². The topological polar surface area (TPSA) is 72.2 Å². The molecule has 5 nitrogen and oxygen atoms in total. The van der Waals surface area contributed by atoms with E-state index in [9.17, 15) is 9.00 Å². The van der Waals surface area contributed by atoms with Gasteiger partial charge >= 0.3 is 0 Å². The number of halogens is 1. The van der Waals surface area contributed by atoms with Crippen LogP contribution in [0.1, 0.15) is 21.7 Å². The minimum atomic E-state index is -0.956. The Labute approximate surface area is 158 Å². The molecule has 1 heterocycles. The van der Waals surface area contributed by atoms with E-state index in [0.717, 1.165) is 16.7 Å². The van der Waals surface area contributed by atoms with Gasteiger partial charge in [0, 0.05) is 45.1 Å². The van der Waals surface area contributed by atoms with E-state index in [1.807, 2.05) is 25.1 Å². The lowest BCUT2D eigenvalue weighted by molar-refractivity contribution is 0.0988. The van der Waals surface area contributed by atoms with E-state index >= 15 is 0 Å². The van der Waals surface area contributed by atoms with E-state index in [1.165, 1.54) is 0 Å². The molecule has 0 aliphatic carbocycles. The first kappa shape index (κ1) is 18.4. The van der Waals surface area contributed by atoms with Crippen molar-refractivity contribution in [3.63, 3.8) is 0 Å². The van der Waals surface area contributed by atoms with Crippen molar-refractivity contribution in [2.75, 3.05) is 11.6 Å². The number of amides is 1. The van der Waals surface area contributed by atoms with Crippen molar-refractivity contribution in [1.29, 1.82) is 0 Å². The van der Waals surface area contributed by atoms with E-state index in [1.54, 1.807) is 36.6 Å². The van der Waals surface area contributed by atoms with Crippen LogP contribution in [0.25, 0.3) is 11.3 Å². The molecule has 7 heteroatoms. The zero-order valence-electron chi connectivity index (χ0n) is 14.3. The number of rotatable bonds is 5. The Kier molecular flexibility index (Phi) is 5.54. The minimum Gasteiger partial charge on any atom is -0.350 e. The van der Waals surface area contributed by atoms with E-state index in [4.69, 9.17) is 16.1 Å². The predicted molar refractivity (Wildman–Crippen MR) is 104 cm³/mol. The summed E-state index contributed by atoms with van der Waals surface area (Å²) >= 11 is 5.98. The molecule has 1 amide bonds. The van der Waals surface area contributed by atoms with Crippen LogP contribution >= 0.6 is 11.6 Å². The van der Waals surface area contributed by atoms with E-state index in [0.29, 0.717) is 22.2 Å². The first-order chi connectivity index (χ1) is 12.4. The highest BCUT2D eigenvalue weighted by Crippen LogP contribution is 2.24. The average molecular weight is 389 g/mol. The molecule has 1 N–H and O–H groups in total. The molecule has 0 saturated heterocycles. The predicted octanol–water partition coefficient (Wildman–Crippen LogP) is 4.43. The maximum atomic E-state index is 12.5. The first-order valence-electron chi connectivity index (χ1n) is 7.86. The summed E-state index contributed by atoms with van der Waals surface area (Å²) in [7, 11) is -0.956. The highest BCUT2D eigenvalue weighted by molar-refractivity contribution is 7.83. The molecule has 1 atom stereocenters. The van der Waals surface area contributed by atoms with Gasteiger partial charge in [0.1, 0.15) is 5.69 Å². The van der Waals surface area contributed by atoms with Gasteiger partial charge in [-0.15, -0.1) is 0 Å². The Hall–Kier alpha value is -2.44. The number of aromatic nitrogens is 1. The number of nitrogens with one attached hydrogen (secondary N) is 1. The molecule has 1 aromatic heterocycles. The molecule has 26 heavy (non-hydrogen) atoms. The number of carbonyl (C=O) groups excluding carboxylic acids is 1. The van der Waals surface area contributed by atoms with Gasteiger partial charge in [-0.1, -0.05) is 41.0 Å². The van der Waals surface area contributed by atoms with E-state index in [-0.39, 0.29) is 5.76 Å². The number of anilines is 1. The maximum Gasteiger partial charge on any atom is 0.294 e. The minimum absolute atomic E-state index is 0.101. The van der Waals surface area contributed by atoms with Crippen molar-refractivity contribution in [1.82, 2.24) is 5.16 Å². The smallest absolute Gasteiger partial charge is 0.294 e. The lowest BCUT2D eigenvalue weighted by Crippen LogP contribution is -2.12. The zero-order valence-corrected chi connectivity index (χ0v) is 15.9. The molecule has 0 bridgehead atoms. The third-order valence-corrected chi connectivity index (χ3v) is 4.86. The summed E-state index contributed by atoms with van der Waals surface area (Å²) in [6, 6.07) is 14.2. The molecule has 0 saturated carbocycles. The SMILES string of the molecule is Cc1c(CS(C)=O)cccc1NC(=O)c1cc(-c2cccc(Cl)c2)no1. The monoisotopic (exact) mass is 388 g/mol. The van der Waals surface area contributed by atoms with Crippen LogP contribution in [0.15, 0.2) is 53.1 Å². The van der Waals surface area contributed by atoms with Gasteiger partial charge in [0.2, 0.25) is 5.76 Å². The molecule has 0 fully saturated rings. The van der Waals surface area contributed by atoms with Gasteiger partial charge in [0.15, 0.2) is 0 Å². The molecule has 134 valence electrons. The van der Waals surface area contributed by atoms with Gasteiger partial charge < -0.3 is 9.84 Å². The van der Waals surface area contributed by atoms with Crippen LogP contribution < -0.4 is 5.32 Å². The number of hydrogen-bond acceptors (Lipinski definition) is 4. The Morgan fingerprint density at radius 1 is 1.23 bits per heavy atom. The first-order valence-corrected chi connectivity index (χ1v) is 9.97. The Morgan fingerprint density at radius 2 is 2.00 bits per heavy atom. The molecular formula is C19H17ClN2O3S. The molecule has 0 aliphatic rings. The van der Waals surface area contributed by atoms with Crippen LogP contribution in [0.5, 0.6) is 0 Å². The molecule has 2 aromatic carbocycles. The second-order valence-electron chi connectivity index (χ2n) is 5.85. The highest BCUT2D eigenvalue weighted by atomic mass is 35.5. The summed E-state index contributed by atoms with van der Waals surface area (Å²) in [5.74, 6) is 0.143. The molecule has 3 rings (SSSR count). The molecule has 3 aromatic rings. The normalized spacial score (nSPS) is 12.0. The van der Waals surface area contributed by atoms with Crippen LogP contribution in [0.3, 0.4) is 0 Å². The molecule has 0 radical (unpaired) electrons. The lowest BCUT2D eigenvalue weighted by atomic mass is 10.1. The number of hydrogen-bond donors (Lipinski definition) is 1. The van der Waals surface area contributed by atoms with Crippen LogP contribution in [-0.4, -0.2) is 21.5 Å². The molecule has 0 aliphatic heterocycles.